The molecule has 1 fully saturated rings. The molecule has 0 radical (unpaired) electrons. The summed E-state index contributed by atoms with van der Waals surface area (Å²) in [6.45, 7) is 0.810. The number of halogens is 3. The van der Waals surface area contributed by atoms with E-state index < -0.39 is 11.7 Å². The van der Waals surface area contributed by atoms with Gasteiger partial charge in [0.05, 0.1) is 6.61 Å². The summed E-state index contributed by atoms with van der Waals surface area (Å²) in [5.74, 6) is 0.240. The molecule has 1 aliphatic carbocycles. The van der Waals surface area contributed by atoms with Gasteiger partial charge in [0.1, 0.15) is 5.56 Å². The largest absolute Gasteiger partial charge is 0.477 e. The van der Waals surface area contributed by atoms with Crippen molar-refractivity contribution in [2.75, 3.05) is 13.2 Å². The summed E-state index contributed by atoms with van der Waals surface area (Å²) in [6.07, 6.45) is -0.0919. The fourth-order valence-electron chi connectivity index (χ4n) is 2.55. The van der Waals surface area contributed by atoms with E-state index in [1.54, 1.807) is 0 Å². The lowest BCUT2D eigenvalue weighted by molar-refractivity contribution is -0.139. The molecule has 106 valence electrons. The second-order valence-electron chi connectivity index (χ2n) is 4.85. The maximum atomic E-state index is 12.8. The lowest BCUT2D eigenvalue weighted by atomic mass is 9.97. The van der Waals surface area contributed by atoms with Crippen LogP contribution in [0.4, 0.5) is 13.2 Å². The van der Waals surface area contributed by atoms with E-state index in [1.807, 2.05) is 0 Å². The zero-order valence-corrected chi connectivity index (χ0v) is 10.5. The van der Waals surface area contributed by atoms with Gasteiger partial charge >= 0.3 is 6.18 Å². The minimum atomic E-state index is -4.44. The Kier molecular flexibility index (Phi) is 4.29. The van der Waals surface area contributed by atoms with Crippen LogP contribution >= 0.6 is 0 Å². The van der Waals surface area contributed by atoms with Crippen LogP contribution in [0, 0.1) is 11.8 Å². The van der Waals surface area contributed by atoms with Gasteiger partial charge in [-0.05, 0) is 43.4 Å². The third-order valence-electron chi connectivity index (χ3n) is 3.63. The Hall–Kier alpha value is -1.30. The summed E-state index contributed by atoms with van der Waals surface area (Å²) in [7, 11) is 0. The summed E-state index contributed by atoms with van der Waals surface area (Å²) in [6, 6.07) is 2.24. The van der Waals surface area contributed by atoms with Crippen LogP contribution in [0.25, 0.3) is 0 Å². The van der Waals surface area contributed by atoms with Crippen LogP contribution in [0.3, 0.4) is 0 Å². The first kappa shape index (κ1) is 14.1. The van der Waals surface area contributed by atoms with Crippen molar-refractivity contribution in [2.24, 2.45) is 17.6 Å². The number of pyridine rings is 1. The standard InChI is InChI=1S/C13H17F3N2O/c14-13(15,16)11-5-2-6-18-12(11)19-8-10-4-1-3-9(10)7-17/h2,5-6,9-10H,1,3-4,7-8,17H2. The maximum Gasteiger partial charge on any atom is 0.421 e. The normalized spacial score (nSPS) is 23.6. The number of alkyl halides is 3. The van der Waals surface area contributed by atoms with Crippen molar-refractivity contribution >= 4 is 0 Å². The van der Waals surface area contributed by atoms with E-state index in [0.717, 1.165) is 25.3 Å². The number of nitrogens with two attached hydrogens (primary N) is 1. The zero-order chi connectivity index (χ0) is 13.9. The second kappa shape index (κ2) is 5.77. The average Bonchev–Trinajstić information content (AvgIpc) is 2.83. The lowest BCUT2D eigenvalue weighted by Crippen LogP contribution is -2.24. The summed E-state index contributed by atoms with van der Waals surface area (Å²) in [5.41, 5.74) is 4.82. The van der Waals surface area contributed by atoms with E-state index in [0.29, 0.717) is 12.5 Å². The minimum Gasteiger partial charge on any atom is -0.477 e. The van der Waals surface area contributed by atoms with Gasteiger partial charge in [-0.3, -0.25) is 0 Å². The molecule has 3 nitrogen and oxygen atoms in total. The highest BCUT2D eigenvalue weighted by Crippen LogP contribution is 2.36. The zero-order valence-electron chi connectivity index (χ0n) is 10.5. The molecule has 0 bridgehead atoms. The highest BCUT2D eigenvalue weighted by Gasteiger charge is 2.35. The van der Waals surface area contributed by atoms with Crippen LogP contribution in [0.15, 0.2) is 18.3 Å². The average molecular weight is 274 g/mol. The molecule has 2 atom stereocenters. The van der Waals surface area contributed by atoms with Crippen molar-refractivity contribution < 1.29 is 17.9 Å². The highest BCUT2D eigenvalue weighted by atomic mass is 19.4. The maximum absolute atomic E-state index is 12.8. The van der Waals surface area contributed by atoms with Gasteiger partial charge in [0.25, 0.3) is 0 Å². The molecule has 0 spiro atoms. The molecular weight excluding hydrogens is 257 g/mol. The first-order chi connectivity index (χ1) is 9.02. The van der Waals surface area contributed by atoms with Gasteiger partial charge in [0, 0.05) is 6.20 Å². The monoisotopic (exact) mass is 274 g/mol. The molecule has 6 heteroatoms. The molecule has 0 saturated heterocycles. The van der Waals surface area contributed by atoms with Crippen LogP contribution in [-0.2, 0) is 6.18 Å². The predicted molar refractivity (Wildman–Crippen MR) is 64.6 cm³/mol. The molecule has 19 heavy (non-hydrogen) atoms. The Morgan fingerprint density at radius 3 is 2.74 bits per heavy atom. The molecule has 2 rings (SSSR count). The van der Waals surface area contributed by atoms with E-state index in [1.165, 1.54) is 12.3 Å². The van der Waals surface area contributed by atoms with E-state index in [9.17, 15) is 13.2 Å². The van der Waals surface area contributed by atoms with Gasteiger partial charge in [0.2, 0.25) is 5.88 Å². The Bertz CT molecular complexity index is 423. The number of aromatic nitrogens is 1. The molecule has 1 aromatic heterocycles. The predicted octanol–water partition coefficient (Wildman–Crippen LogP) is 2.85. The number of nitrogens with zero attached hydrogens (tertiary/aromatic N) is 1. The summed E-state index contributed by atoms with van der Waals surface area (Å²) in [5, 5.41) is 0. The summed E-state index contributed by atoms with van der Waals surface area (Å²) in [4.78, 5) is 3.68. The minimum absolute atomic E-state index is 0.230. The molecule has 1 aliphatic rings. The molecule has 1 heterocycles. The fourth-order valence-corrected chi connectivity index (χ4v) is 2.55. The Balaban J connectivity index is 2.04. The summed E-state index contributed by atoms with van der Waals surface area (Å²) >= 11 is 0. The van der Waals surface area contributed by atoms with Crippen LogP contribution in [0.2, 0.25) is 0 Å². The molecular formula is C13H17F3N2O. The summed E-state index contributed by atoms with van der Waals surface area (Å²) < 4.78 is 43.5. The van der Waals surface area contributed by atoms with Crippen LogP contribution < -0.4 is 10.5 Å². The third-order valence-corrected chi connectivity index (χ3v) is 3.63. The van der Waals surface area contributed by atoms with Crippen molar-refractivity contribution in [3.8, 4) is 5.88 Å². The van der Waals surface area contributed by atoms with Crippen molar-refractivity contribution in [1.82, 2.24) is 4.98 Å². The Morgan fingerprint density at radius 1 is 1.32 bits per heavy atom. The topological polar surface area (TPSA) is 48.1 Å². The van der Waals surface area contributed by atoms with Gasteiger partial charge in [-0.2, -0.15) is 13.2 Å². The molecule has 1 aromatic rings. The second-order valence-corrected chi connectivity index (χ2v) is 4.85. The quantitative estimate of drug-likeness (QED) is 0.918. The van der Waals surface area contributed by atoms with Crippen molar-refractivity contribution in [3.05, 3.63) is 23.9 Å². The van der Waals surface area contributed by atoms with E-state index in [4.69, 9.17) is 10.5 Å². The third kappa shape index (κ3) is 3.37. The Labute approximate surface area is 110 Å². The van der Waals surface area contributed by atoms with Gasteiger partial charge in [0.15, 0.2) is 0 Å². The molecule has 0 aromatic carbocycles. The highest BCUT2D eigenvalue weighted by molar-refractivity contribution is 5.28. The molecule has 2 unspecified atom stereocenters. The van der Waals surface area contributed by atoms with Crippen LogP contribution in [0.5, 0.6) is 5.88 Å². The Morgan fingerprint density at radius 2 is 2.05 bits per heavy atom. The molecule has 0 amide bonds. The number of hydrogen-bond donors (Lipinski definition) is 1. The van der Waals surface area contributed by atoms with E-state index in [2.05, 4.69) is 4.98 Å². The number of ether oxygens (including phenoxy) is 1. The first-order valence-electron chi connectivity index (χ1n) is 6.37. The van der Waals surface area contributed by atoms with Gasteiger partial charge in [-0.25, -0.2) is 4.98 Å². The van der Waals surface area contributed by atoms with Crippen LogP contribution in [-0.4, -0.2) is 18.1 Å². The molecule has 1 saturated carbocycles. The van der Waals surface area contributed by atoms with E-state index >= 15 is 0 Å². The number of hydrogen-bond acceptors (Lipinski definition) is 3. The van der Waals surface area contributed by atoms with Gasteiger partial charge in [-0.1, -0.05) is 6.42 Å². The van der Waals surface area contributed by atoms with E-state index in [-0.39, 0.29) is 18.4 Å². The smallest absolute Gasteiger partial charge is 0.421 e. The van der Waals surface area contributed by atoms with Crippen molar-refractivity contribution in [3.63, 3.8) is 0 Å². The molecule has 0 aliphatic heterocycles. The fraction of sp³-hybridized carbons (Fsp3) is 0.615. The lowest BCUT2D eigenvalue weighted by Gasteiger charge is -2.19. The van der Waals surface area contributed by atoms with Crippen molar-refractivity contribution in [2.45, 2.75) is 25.4 Å². The van der Waals surface area contributed by atoms with Crippen molar-refractivity contribution in [1.29, 1.82) is 0 Å². The molecule has 2 N–H and O–H groups in total. The number of rotatable bonds is 4. The SMILES string of the molecule is NCC1CCCC1COc1ncccc1C(F)(F)F. The van der Waals surface area contributed by atoms with Gasteiger partial charge in [-0.15, -0.1) is 0 Å². The van der Waals surface area contributed by atoms with Gasteiger partial charge < -0.3 is 10.5 Å². The first-order valence-corrected chi connectivity index (χ1v) is 6.37. The van der Waals surface area contributed by atoms with Crippen LogP contribution in [0.1, 0.15) is 24.8 Å².